The quantitative estimate of drug-likeness (QED) is 0.908. The molecule has 1 saturated heterocycles. The molecule has 23 heavy (non-hydrogen) atoms. The van der Waals surface area contributed by atoms with Crippen LogP contribution in [0.25, 0.3) is 0 Å². The smallest absolute Gasteiger partial charge is 0.323 e. The molecular weight excluding hydrogens is 292 g/mol. The summed E-state index contributed by atoms with van der Waals surface area (Å²) in [5.74, 6) is 0. The number of hydrogen-bond acceptors (Lipinski definition) is 3. The average Bonchev–Trinajstić information content (AvgIpc) is 2.95. The van der Waals surface area contributed by atoms with E-state index in [0.717, 1.165) is 37.2 Å². The molecule has 1 aliphatic rings. The number of aryl methyl sites for hydroxylation is 1. The second-order valence-corrected chi connectivity index (χ2v) is 5.89. The predicted octanol–water partition coefficient (Wildman–Crippen LogP) is 3.40. The van der Waals surface area contributed by atoms with Crippen LogP contribution in [0.4, 0.5) is 16.2 Å². The van der Waals surface area contributed by atoms with E-state index in [4.69, 9.17) is 4.74 Å². The van der Waals surface area contributed by atoms with Gasteiger partial charge in [-0.3, -0.25) is 4.68 Å². The molecule has 2 heterocycles. The van der Waals surface area contributed by atoms with Gasteiger partial charge in [0.1, 0.15) is 0 Å². The van der Waals surface area contributed by atoms with Crippen LogP contribution in [0.5, 0.6) is 0 Å². The maximum absolute atomic E-state index is 12.0. The van der Waals surface area contributed by atoms with Crippen LogP contribution in [0, 0.1) is 6.92 Å². The third kappa shape index (κ3) is 4.56. The Bertz CT molecular complexity index is 662. The van der Waals surface area contributed by atoms with Gasteiger partial charge in [-0.25, -0.2) is 4.79 Å². The number of aromatic nitrogens is 2. The molecule has 1 fully saturated rings. The molecule has 0 bridgehead atoms. The Morgan fingerprint density at radius 1 is 1.35 bits per heavy atom. The first kappa shape index (κ1) is 15.6. The van der Waals surface area contributed by atoms with Crippen LogP contribution in [0.3, 0.4) is 0 Å². The number of carbonyl (C=O) groups excluding carboxylic acids is 1. The summed E-state index contributed by atoms with van der Waals surface area (Å²) in [6.07, 6.45) is 7.11. The van der Waals surface area contributed by atoms with E-state index in [9.17, 15) is 4.79 Å². The highest BCUT2D eigenvalue weighted by molar-refractivity contribution is 5.99. The van der Waals surface area contributed by atoms with Gasteiger partial charge in [0.25, 0.3) is 0 Å². The molecule has 0 radical (unpaired) electrons. The van der Waals surface area contributed by atoms with E-state index in [-0.39, 0.29) is 12.1 Å². The second kappa shape index (κ2) is 7.28. The van der Waals surface area contributed by atoms with Crippen molar-refractivity contribution in [2.24, 2.45) is 0 Å². The second-order valence-electron chi connectivity index (χ2n) is 5.89. The first-order chi connectivity index (χ1) is 11.2. The fourth-order valence-electron chi connectivity index (χ4n) is 2.70. The zero-order chi connectivity index (χ0) is 16.1. The lowest BCUT2D eigenvalue weighted by Crippen LogP contribution is -2.24. The van der Waals surface area contributed by atoms with Crippen molar-refractivity contribution in [1.29, 1.82) is 0 Å². The standard InChI is InChI=1S/C17H22N4O2/c1-13-5-4-6-14(9-13)19-17(22)20-15-10-18-21(11-15)12-16-7-2-3-8-23-16/h4-6,9-11,16H,2-3,7-8,12H2,1H3,(H2,19,20,22). The molecule has 2 N–H and O–H groups in total. The van der Waals surface area contributed by atoms with Gasteiger partial charge in [-0.1, -0.05) is 12.1 Å². The Kier molecular flexibility index (Phi) is 4.92. The Morgan fingerprint density at radius 3 is 3.00 bits per heavy atom. The first-order valence-electron chi connectivity index (χ1n) is 7.98. The van der Waals surface area contributed by atoms with Gasteiger partial charge in [0.2, 0.25) is 0 Å². The van der Waals surface area contributed by atoms with Crippen molar-refractivity contribution in [3.05, 3.63) is 42.2 Å². The number of anilines is 2. The molecule has 122 valence electrons. The molecule has 1 unspecified atom stereocenters. The minimum Gasteiger partial charge on any atom is -0.376 e. The van der Waals surface area contributed by atoms with Gasteiger partial charge in [-0.2, -0.15) is 5.10 Å². The molecule has 6 heteroatoms. The normalized spacial score (nSPS) is 17.7. The molecule has 0 saturated carbocycles. The SMILES string of the molecule is Cc1cccc(NC(=O)Nc2cnn(CC3CCCCO3)c2)c1. The number of nitrogens with one attached hydrogen (secondary N) is 2. The largest absolute Gasteiger partial charge is 0.376 e. The number of urea groups is 1. The van der Waals surface area contributed by atoms with Crippen LogP contribution in [0.15, 0.2) is 36.7 Å². The fraction of sp³-hybridized carbons (Fsp3) is 0.412. The Morgan fingerprint density at radius 2 is 2.22 bits per heavy atom. The van der Waals surface area contributed by atoms with E-state index in [1.54, 1.807) is 6.20 Å². The molecule has 2 aromatic rings. The molecule has 1 aliphatic heterocycles. The van der Waals surface area contributed by atoms with Gasteiger partial charge in [0.15, 0.2) is 0 Å². The number of ether oxygens (including phenoxy) is 1. The van der Waals surface area contributed by atoms with Gasteiger partial charge in [0, 0.05) is 18.5 Å². The van der Waals surface area contributed by atoms with Crippen molar-refractivity contribution in [2.75, 3.05) is 17.2 Å². The maximum atomic E-state index is 12.0. The lowest BCUT2D eigenvalue weighted by atomic mass is 10.1. The number of rotatable bonds is 4. The molecular formula is C17H22N4O2. The van der Waals surface area contributed by atoms with Gasteiger partial charge in [0.05, 0.1) is 24.5 Å². The van der Waals surface area contributed by atoms with Crippen LogP contribution in [-0.2, 0) is 11.3 Å². The summed E-state index contributed by atoms with van der Waals surface area (Å²) in [5, 5.41) is 9.88. The van der Waals surface area contributed by atoms with E-state index in [2.05, 4.69) is 15.7 Å². The summed E-state index contributed by atoms with van der Waals surface area (Å²) in [6.45, 7) is 3.54. The van der Waals surface area contributed by atoms with Crippen LogP contribution in [0.1, 0.15) is 24.8 Å². The summed E-state index contributed by atoms with van der Waals surface area (Å²) >= 11 is 0. The number of nitrogens with zero attached hydrogens (tertiary/aromatic N) is 2. The molecule has 1 atom stereocenters. The minimum atomic E-state index is -0.274. The summed E-state index contributed by atoms with van der Waals surface area (Å²) in [7, 11) is 0. The van der Waals surface area contributed by atoms with Crippen molar-refractivity contribution in [3.8, 4) is 0 Å². The predicted molar refractivity (Wildman–Crippen MR) is 89.6 cm³/mol. The first-order valence-corrected chi connectivity index (χ1v) is 7.98. The minimum absolute atomic E-state index is 0.220. The van der Waals surface area contributed by atoms with Gasteiger partial charge < -0.3 is 15.4 Å². The van der Waals surface area contributed by atoms with Gasteiger partial charge in [-0.15, -0.1) is 0 Å². The van der Waals surface area contributed by atoms with E-state index in [1.807, 2.05) is 42.1 Å². The number of benzene rings is 1. The van der Waals surface area contributed by atoms with Crippen molar-refractivity contribution >= 4 is 17.4 Å². The van der Waals surface area contributed by atoms with Crippen LogP contribution < -0.4 is 10.6 Å². The molecule has 0 spiro atoms. The van der Waals surface area contributed by atoms with E-state index < -0.39 is 0 Å². The molecule has 2 amide bonds. The van der Waals surface area contributed by atoms with Crippen LogP contribution in [-0.4, -0.2) is 28.5 Å². The van der Waals surface area contributed by atoms with Crippen molar-refractivity contribution in [3.63, 3.8) is 0 Å². The number of hydrogen-bond donors (Lipinski definition) is 2. The van der Waals surface area contributed by atoms with E-state index in [0.29, 0.717) is 5.69 Å². The van der Waals surface area contributed by atoms with Crippen molar-refractivity contribution in [2.45, 2.75) is 38.8 Å². The van der Waals surface area contributed by atoms with E-state index in [1.165, 1.54) is 6.42 Å². The Hall–Kier alpha value is -2.34. The number of carbonyl (C=O) groups is 1. The van der Waals surface area contributed by atoms with Crippen molar-refractivity contribution < 1.29 is 9.53 Å². The van der Waals surface area contributed by atoms with E-state index >= 15 is 0 Å². The number of amides is 2. The lowest BCUT2D eigenvalue weighted by molar-refractivity contribution is 0.00401. The third-order valence-electron chi connectivity index (χ3n) is 3.83. The summed E-state index contributed by atoms with van der Waals surface area (Å²) in [5.41, 5.74) is 2.54. The van der Waals surface area contributed by atoms with Gasteiger partial charge >= 0.3 is 6.03 Å². The molecule has 6 nitrogen and oxygen atoms in total. The molecule has 1 aromatic carbocycles. The zero-order valence-electron chi connectivity index (χ0n) is 13.3. The summed E-state index contributed by atoms with van der Waals surface area (Å²) in [4.78, 5) is 12.0. The summed E-state index contributed by atoms with van der Waals surface area (Å²) in [6, 6.07) is 7.40. The highest BCUT2D eigenvalue weighted by atomic mass is 16.5. The fourth-order valence-corrected chi connectivity index (χ4v) is 2.70. The summed E-state index contributed by atoms with van der Waals surface area (Å²) < 4.78 is 7.52. The average molecular weight is 314 g/mol. The van der Waals surface area contributed by atoms with Crippen LogP contribution in [0.2, 0.25) is 0 Å². The Balaban J connectivity index is 1.52. The zero-order valence-corrected chi connectivity index (χ0v) is 13.3. The van der Waals surface area contributed by atoms with Gasteiger partial charge in [-0.05, 0) is 43.9 Å². The molecule has 0 aliphatic carbocycles. The highest BCUT2D eigenvalue weighted by Gasteiger charge is 2.15. The van der Waals surface area contributed by atoms with Crippen LogP contribution >= 0.6 is 0 Å². The molecule has 1 aromatic heterocycles. The maximum Gasteiger partial charge on any atom is 0.323 e. The third-order valence-corrected chi connectivity index (χ3v) is 3.83. The van der Waals surface area contributed by atoms with Crippen molar-refractivity contribution in [1.82, 2.24) is 9.78 Å². The topological polar surface area (TPSA) is 68.2 Å². The lowest BCUT2D eigenvalue weighted by Gasteiger charge is -2.22. The highest BCUT2D eigenvalue weighted by Crippen LogP contribution is 2.15. The molecule has 3 rings (SSSR count). The monoisotopic (exact) mass is 314 g/mol. The Labute approximate surface area is 135 Å².